The van der Waals surface area contributed by atoms with Crippen molar-refractivity contribution in [3.05, 3.63) is 0 Å². The summed E-state index contributed by atoms with van der Waals surface area (Å²) < 4.78 is 34.0. The molecule has 0 aliphatic rings. The number of phosphoric acid groups is 1. The maximum absolute atomic E-state index is 12.7. The second-order valence-corrected chi connectivity index (χ2v) is 18.9. The second-order valence-electron chi connectivity index (χ2n) is 17.5. The lowest BCUT2D eigenvalue weighted by Gasteiger charge is -2.28. The van der Waals surface area contributed by atoms with Gasteiger partial charge >= 0.3 is 11.9 Å². The van der Waals surface area contributed by atoms with Crippen molar-refractivity contribution < 1.29 is 42.1 Å². The Labute approximate surface area is 346 Å². The van der Waals surface area contributed by atoms with E-state index in [1.165, 1.54) is 167 Å². The van der Waals surface area contributed by atoms with Crippen LogP contribution >= 0.6 is 7.82 Å². The Morgan fingerprint density at radius 2 is 0.804 bits per heavy atom. The summed E-state index contributed by atoms with van der Waals surface area (Å²) >= 11 is 0. The molecule has 1 unspecified atom stereocenters. The number of carbonyl (C=O) groups is 2. The van der Waals surface area contributed by atoms with Crippen LogP contribution in [0.1, 0.15) is 232 Å². The molecule has 0 amide bonds. The summed E-state index contributed by atoms with van der Waals surface area (Å²) in [6.07, 6.45) is 39.8. The van der Waals surface area contributed by atoms with Crippen molar-refractivity contribution in [1.82, 2.24) is 0 Å². The first-order chi connectivity index (χ1) is 27.0. The molecule has 0 radical (unpaired) electrons. The molecule has 0 heterocycles. The zero-order valence-corrected chi connectivity index (χ0v) is 38.5. The summed E-state index contributed by atoms with van der Waals surface area (Å²) in [6, 6.07) is 0. The highest BCUT2D eigenvalue weighted by Gasteiger charge is 2.21. The van der Waals surface area contributed by atoms with Gasteiger partial charge in [-0.3, -0.25) is 14.2 Å². The standard InChI is InChI=1S/C46H92NO8P/c1-6-8-10-12-14-16-18-20-22-23-24-25-27-28-30-32-34-36-38-45(48)52-42-44(43-54-56(50,51)53-41-40-47(3,4)5)55-46(49)39-37-35-33-31-29-26-21-19-17-15-13-11-9-7-2/h44H,6-43H2,1-5H3/t44-/m1/s1. The van der Waals surface area contributed by atoms with Gasteiger partial charge in [-0.25, -0.2) is 0 Å². The number of rotatable bonds is 44. The number of phosphoric ester groups is 1. The van der Waals surface area contributed by atoms with Crippen molar-refractivity contribution in [2.24, 2.45) is 0 Å². The van der Waals surface area contributed by atoms with E-state index < -0.39 is 26.5 Å². The lowest BCUT2D eigenvalue weighted by Crippen LogP contribution is -2.37. The molecule has 334 valence electrons. The predicted octanol–water partition coefficient (Wildman–Crippen LogP) is 13.0. The van der Waals surface area contributed by atoms with Crippen molar-refractivity contribution in [3.8, 4) is 0 Å². The van der Waals surface area contributed by atoms with Crippen LogP contribution in [0.3, 0.4) is 0 Å². The van der Waals surface area contributed by atoms with Gasteiger partial charge < -0.3 is 27.9 Å². The number of hydrogen-bond acceptors (Lipinski definition) is 8. The fourth-order valence-electron chi connectivity index (χ4n) is 6.89. The van der Waals surface area contributed by atoms with E-state index in [0.29, 0.717) is 17.4 Å². The van der Waals surface area contributed by atoms with Crippen LogP contribution in [-0.4, -0.2) is 70.0 Å². The highest BCUT2D eigenvalue weighted by atomic mass is 31.2. The smallest absolute Gasteiger partial charge is 0.306 e. The number of hydrogen-bond donors (Lipinski definition) is 0. The SMILES string of the molecule is CCCCCCCCCCCCCCCCCCCCC(=O)OC[C@H](COP(=O)([O-])OCC[N+](C)(C)C)OC(=O)CCCCCCCCCCCCCCCC. The van der Waals surface area contributed by atoms with E-state index in [4.69, 9.17) is 18.5 Å². The Morgan fingerprint density at radius 3 is 1.14 bits per heavy atom. The van der Waals surface area contributed by atoms with Crippen LogP contribution < -0.4 is 4.89 Å². The fourth-order valence-corrected chi connectivity index (χ4v) is 7.62. The Balaban J connectivity index is 4.24. The van der Waals surface area contributed by atoms with E-state index in [1.807, 2.05) is 21.1 Å². The highest BCUT2D eigenvalue weighted by Crippen LogP contribution is 2.38. The molecule has 0 saturated carbocycles. The first-order valence-electron chi connectivity index (χ1n) is 23.7. The molecule has 9 nitrogen and oxygen atoms in total. The summed E-state index contributed by atoms with van der Waals surface area (Å²) in [5.74, 6) is -0.817. The van der Waals surface area contributed by atoms with Gasteiger partial charge in [-0.2, -0.15) is 0 Å². The number of esters is 2. The van der Waals surface area contributed by atoms with Gasteiger partial charge in [0.25, 0.3) is 7.82 Å². The average Bonchev–Trinajstić information content (AvgIpc) is 3.15. The van der Waals surface area contributed by atoms with E-state index >= 15 is 0 Å². The molecule has 56 heavy (non-hydrogen) atoms. The zero-order chi connectivity index (χ0) is 41.4. The van der Waals surface area contributed by atoms with Crippen molar-refractivity contribution in [2.75, 3.05) is 47.5 Å². The monoisotopic (exact) mass is 818 g/mol. The predicted molar refractivity (Wildman–Crippen MR) is 232 cm³/mol. The van der Waals surface area contributed by atoms with Gasteiger partial charge in [-0.15, -0.1) is 0 Å². The molecular weight excluding hydrogens is 725 g/mol. The van der Waals surface area contributed by atoms with Gasteiger partial charge in [0.05, 0.1) is 27.7 Å². The molecule has 0 rings (SSSR count). The maximum atomic E-state index is 12.7. The van der Waals surface area contributed by atoms with Gasteiger partial charge in [0.2, 0.25) is 0 Å². The van der Waals surface area contributed by atoms with Crippen LogP contribution in [0.5, 0.6) is 0 Å². The van der Waals surface area contributed by atoms with Gasteiger partial charge in [0.15, 0.2) is 6.10 Å². The van der Waals surface area contributed by atoms with Crippen LogP contribution in [0, 0.1) is 0 Å². The fraction of sp³-hybridized carbons (Fsp3) is 0.957. The topological polar surface area (TPSA) is 111 Å². The lowest BCUT2D eigenvalue weighted by atomic mass is 10.0. The minimum absolute atomic E-state index is 0.0256. The third kappa shape index (κ3) is 42.6. The van der Waals surface area contributed by atoms with E-state index in [-0.39, 0.29) is 32.0 Å². The molecule has 0 fully saturated rings. The third-order valence-electron chi connectivity index (χ3n) is 10.6. The van der Waals surface area contributed by atoms with Gasteiger partial charge in [0.1, 0.15) is 19.8 Å². The van der Waals surface area contributed by atoms with Gasteiger partial charge in [0, 0.05) is 12.8 Å². The summed E-state index contributed by atoms with van der Waals surface area (Å²) in [5, 5.41) is 0. The van der Waals surface area contributed by atoms with E-state index in [0.717, 1.165) is 32.1 Å². The summed E-state index contributed by atoms with van der Waals surface area (Å²) in [4.78, 5) is 37.6. The Hall–Kier alpha value is -0.990. The van der Waals surface area contributed by atoms with E-state index in [9.17, 15) is 19.0 Å². The first kappa shape index (κ1) is 55.0. The first-order valence-corrected chi connectivity index (χ1v) is 25.2. The Kier molecular flexibility index (Phi) is 38.8. The number of carbonyl (C=O) groups excluding carboxylic acids is 2. The highest BCUT2D eigenvalue weighted by molar-refractivity contribution is 7.45. The number of likely N-dealkylation sites (N-methyl/N-ethyl adjacent to an activating group) is 1. The summed E-state index contributed by atoms with van der Waals surface area (Å²) in [5.41, 5.74) is 0. The molecule has 0 aromatic heterocycles. The van der Waals surface area contributed by atoms with Gasteiger partial charge in [-0.05, 0) is 12.8 Å². The molecule has 0 bridgehead atoms. The maximum Gasteiger partial charge on any atom is 0.306 e. The number of nitrogens with zero attached hydrogens (tertiary/aromatic N) is 1. The van der Waals surface area contributed by atoms with Crippen LogP contribution in [0.15, 0.2) is 0 Å². The molecule has 0 aliphatic carbocycles. The van der Waals surface area contributed by atoms with Crippen LogP contribution in [0.4, 0.5) is 0 Å². The van der Waals surface area contributed by atoms with Crippen molar-refractivity contribution in [2.45, 2.75) is 238 Å². The molecule has 0 saturated heterocycles. The zero-order valence-electron chi connectivity index (χ0n) is 37.6. The summed E-state index contributed by atoms with van der Waals surface area (Å²) in [7, 11) is 1.18. The second kappa shape index (κ2) is 39.5. The third-order valence-corrected chi connectivity index (χ3v) is 11.6. The Morgan fingerprint density at radius 1 is 0.482 bits per heavy atom. The van der Waals surface area contributed by atoms with Gasteiger partial charge in [-0.1, -0.05) is 206 Å². The van der Waals surface area contributed by atoms with Crippen molar-refractivity contribution in [3.63, 3.8) is 0 Å². The average molecular weight is 818 g/mol. The Bertz CT molecular complexity index is 927. The number of ether oxygens (including phenoxy) is 2. The van der Waals surface area contributed by atoms with E-state index in [2.05, 4.69) is 13.8 Å². The quantitative estimate of drug-likeness (QED) is 0.0259. The molecule has 0 aromatic rings. The van der Waals surface area contributed by atoms with Crippen molar-refractivity contribution >= 4 is 19.8 Å². The molecule has 0 aromatic carbocycles. The van der Waals surface area contributed by atoms with Crippen molar-refractivity contribution in [1.29, 1.82) is 0 Å². The lowest BCUT2D eigenvalue weighted by molar-refractivity contribution is -0.870. The number of unbranched alkanes of at least 4 members (excludes halogenated alkanes) is 30. The molecule has 0 N–H and O–H groups in total. The molecule has 0 aliphatic heterocycles. The molecular formula is C46H92NO8P. The molecule has 10 heteroatoms. The van der Waals surface area contributed by atoms with Crippen LogP contribution in [-0.2, 0) is 32.7 Å². The minimum atomic E-state index is -4.62. The normalized spacial score (nSPS) is 13.5. The largest absolute Gasteiger partial charge is 0.756 e. The summed E-state index contributed by atoms with van der Waals surface area (Å²) in [6.45, 7) is 4.27. The minimum Gasteiger partial charge on any atom is -0.756 e. The van der Waals surface area contributed by atoms with Crippen LogP contribution in [0.25, 0.3) is 0 Å². The van der Waals surface area contributed by atoms with Crippen LogP contribution in [0.2, 0.25) is 0 Å². The van der Waals surface area contributed by atoms with E-state index in [1.54, 1.807) is 0 Å². The molecule has 0 spiro atoms. The number of quaternary nitrogens is 1. The molecule has 2 atom stereocenters.